The molecule has 10 nitrogen and oxygen atoms in total. The molecule has 2 aromatic heterocycles. The third-order valence-electron chi connectivity index (χ3n) is 3.02. The Bertz CT molecular complexity index is 900. The highest BCUT2D eigenvalue weighted by Gasteiger charge is 2.10. The molecule has 0 aliphatic heterocycles. The molecule has 0 aliphatic carbocycles. The summed E-state index contributed by atoms with van der Waals surface area (Å²) < 4.78 is 9.81. The highest BCUT2D eigenvalue weighted by molar-refractivity contribution is 5.92. The summed E-state index contributed by atoms with van der Waals surface area (Å²) in [5.41, 5.74) is 1.89. The summed E-state index contributed by atoms with van der Waals surface area (Å²) >= 11 is 0. The number of hydrogen-bond acceptors (Lipinski definition) is 7. The monoisotopic (exact) mass is 330 g/mol. The van der Waals surface area contributed by atoms with Crippen LogP contribution in [-0.2, 0) is 16.1 Å². The number of nitrogens with one attached hydrogen (secondary N) is 2. The van der Waals surface area contributed by atoms with Gasteiger partial charge in [-0.25, -0.2) is 9.78 Å². The van der Waals surface area contributed by atoms with E-state index in [9.17, 15) is 9.59 Å². The van der Waals surface area contributed by atoms with Crippen molar-refractivity contribution in [1.29, 1.82) is 0 Å². The smallest absolute Gasteiger partial charge is 0.412 e. The van der Waals surface area contributed by atoms with Crippen molar-refractivity contribution < 1.29 is 18.7 Å². The van der Waals surface area contributed by atoms with Crippen LogP contribution in [0, 0.1) is 6.92 Å². The number of fused-ring (bicyclic) bond motifs is 1. The average Bonchev–Trinajstić information content (AvgIpc) is 3.11. The molecular formula is C14H14N6O4. The lowest BCUT2D eigenvalue weighted by atomic mass is 10.3. The van der Waals surface area contributed by atoms with Crippen LogP contribution in [0.3, 0.4) is 0 Å². The van der Waals surface area contributed by atoms with Gasteiger partial charge >= 0.3 is 6.09 Å². The lowest BCUT2D eigenvalue weighted by Gasteiger charge is -2.04. The van der Waals surface area contributed by atoms with E-state index < -0.39 is 6.09 Å². The van der Waals surface area contributed by atoms with E-state index in [2.05, 4.69) is 30.6 Å². The van der Waals surface area contributed by atoms with E-state index in [0.29, 0.717) is 22.7 Å². The lowest BCUT2D eigenvalue weighted by Crippen LogP contribution is -2.20. The number of carbonyl (C=O) groups is 2. The summed E-state index contributed by atoms with van der Waals surface area (Å²) in [6, 6.07) is 5.16. The number of amides is 2. The maximum atomic E-state index is 12.0. The Balaban J connectivity index is 1.63. The second kappa shape index (κ2) is 6.36. The Kier molecular flexibility index (Phi) is 4.10. The zero-order valence-corrected chi connectivity index (χ0v) is 12.9. The van der Waals surface area contributed by atoms with Crippen LogP contribution in [0.5, 0.6) is 0 Å². The molecule has 2 heterocycles. The quantitative estimate of drug-likeness (QED) is 0.743. The van der Waals surface area contributed by atoms with Gasteiger partial charge in [-0.3, -0.25) is 10.1 Å². The molecule has 0 fully saturated rings. The third-order valence-corrected chi connectivity index (χ3v) is 3.02. The Morgan fingerprint density at radius 3 is 2.96 bits per heavy atom. The largest absolute Gasteiger partial charge is 0.453 e. The van der Waals surface area contributed by atoms with Crippen molar-refractivity contribution in [3.05, 3.63) is 30.3 Å². The predicted octanol–water partition coefficient (Wildman–Crippen LogP) is 1.54. The molecule has 0 unspecified atom stereocenters. The van der Waals surface area contributed by atoms with Gasteiger partial charge < -0.3 is 14.5 Å². The first-order chi connectivity index (χ1) is 11.5. The minimum Gasteiger partial charge on any atom is -0.453 e. The third kappa shape index (κ3) is 3.48. The molecule has 10 heteroatoms. The molecule has 2 N–H and O–H groups in total. The number of carbonyl (C=O) groups excluding carboxylic acids is 2. The van der Waals surface area contributed by atoms with Crippen molar-refractivity contribution in [2.45, 2.75) is 13.5 Å². The molecule has 0 atom stereocenters. The minimum absolute atomic E-state index is 0.112. The number of methoxy groups -OCH3 is 1. The molecule has 0 saturated heterocycles. The molecule has 0 radical (unpaired) electrons. The van der Waals surface area contributed by atoms with Crippen LogP contribution in [0.1, 0.15) is 5.89 Å². The molecule has 3 aromatic rings. The molecule has 0 aliphatic rings. The van der Waals surface area contributed by atoms with Gasteiger partial charge in [0.1, 0.15) is 12.1 Å². The van der Waals surface area contributed by atoms with Crippen molar-refractivity contribution in [2.24, 2.45) is 0 Å². The van der Waals surface area contributed by atoms with Gasteiger partial charge in [0.05, 0.1) is 13.3 Å². The molecular weight excluding hydrogens is 316 g/mol. The van der Waals surface area contributed by atoms with Crippen LogP contribution in [0.2, 0.25) is 0 Å². The zero-order chi connectivity index (χ0) is 17.1. The number of nitrogens with zero attached hydrogens (tertiary/aromatic N) is 4. The Morgan fingerprint density at radius 2 is 2.17 bits per heavy atom. The van der Waals surface area contributed by atoms with Crippen LogP contribution in [0.25, 0.3) is 11.1 Å². The first kappa shape index (κ1) is 15.5. The van der Waals surface area contributed by atoms with Crippen LogP contribution in [0.15, 0.2) is 28.8 Å². The number of anilines is 2. The minimum atomic E-state index is -0.664. The Hall–Kier alpha value is -3.43. The maximum Gasteiger partial charge on any atom is 0.412 e. The molecule has 2 amide bonds. The molecule has 0 saturated carbocycles. The second-order valence-electron chi connectivity index (χ2n) is 4.84. The molecule has 0 bridgehead atoms. The van der Waals surface area contributed by atoms with Gasteiger partial charge in [-0.05, 0) is 18.2 Å². The van der Waals surface area contributed by atoms with E-state index in [1.54, 1.807) is 25.1 Å². The van der Waals surface area contributed by atoms with E-state index in [-0.39, 0.29) is 18.3 Å². The van der Waals surface area contributed by atoms with Crippen molar-refractivity contribution in [3.8, 4) is 0 Å². The number of aryl methyl sites for hydroxylation is 1. The number of ether oxygens (including phenoxy) is 1. The van der Waals surface area contributed by atoms with Crippen LogP contribution in [-0.4, -0.2) is 39.1 Å². The summed E-state index contributed by atoms with van der Waals surface area (Å²) in [6.07, 6.45) is 0.650. The summed E-state index contributed by atoms with van der Waals surface area (Å²) in [4.78, 5) is 28.5. The topological polar surface area (TPSA) is 124 Å². The van der Waals surface area contributed by atoms with E-state index in [0.717, 1.165) is 4.80 Å². The molecule has 3 rings (SSSR count). The number of benzene rings is 1. The van der Waals surface area contributed by atoms with Gasteiger partial charge in [0.2, 0.25) is 5.91 Å². The fraction of sp³-hybridized carbons (Fsp3) is 0.214. The molecule has 24 heavy (non-hydrogen) atoms. The number of rotatable bonds is 4. The van der Waals surface area contributed by atoms with Crippen molar-refractivity contribution in [2.75, 3.05) is 17.7 Å². The SMILES string of the molecule is COC(=O)Nc1cnn(CC(=O)Nc2ccc3oc(C)nc3c2)n1. The van der Waals surface area contributed by atoms with E-state index in [1.165, 1.54) is 13.3 Å². The van der Waals surface area contributed by atoms with Crippen LogP contribution < -0.4 is 10.6 Å². The van der Waals surface area contributed by atoms with Crippen LogP contribution >= 0.6 is 0 Å². The number of oxazole rings is 1. The zero-order valence-electron chi connectivity index (χ0n) is 12.9. The number of hydrogen-bond donors (Lipinski definition) is 2. The summed E-state index contributed by atoms with van der Waals surface area (Å²) in [5, 5.41) is 12.9. The van der Waals surface area contributed by atoms with Gasteiger partial charge in [-0.2, -0.15) is 9.90 Å². The fourth-order valence-corrected chi connectivity index (χ4v) is 2.04. The van der Waals surface area contributed by atoms with E-state index >= 15 is 0 Å². The molecule has 124 valence electrons. The first-order valence-corrected chi connectivity index (χ1v) is 6.95. The summed E-state index contributed by atoms with van der Waals surface area (Å²) in [6.45, 7) is 1.64. The van der Waals surface area contributed by atoms with E-state index in [4.69, 9.17) is 4.42 Å². The summed E-state index contributed by atoms with van der Waals surface area (Å²) in [5.74, 6) is 0.420. The molecule has 1 aromatic carbocycles. The van der Waals surface area contributed by atoms with Gasteiger partial charge in [0.25, 0.3) is 0 Å². The van der Waals surface area contributed by atoms with Crippen LogP contribution in [0.4, 0.5) is 16.3 Å². The highest BCUT2D eigenvalue weighted by Crippen LogP contribution is 2.19. The van der Waals surface area contributed by atoms with Gasteiger partial charge in [0, 0.05) is 12.6 Å². The predicted molar refractivity (Wildman–Crippen MR) is 83.4 cm³/mol. The molecule has 0 spiro atoms. The normalized spacial score (nSPS) is 10.6. The van der Waals surface area contributed by atoms with E-state index in [1.807, 2.05) is 0 Å². The van der Waals surface area contributed by atoms with Crippen molar-refractivity contribution in [3.63, 3.8) is 0 Å². The van der Waals surface area contributed by atoms with Crippen molar-refractivity contribution >= 4 is 34.6 Å². The number of aromatic nitrogens is 4. The van der Waals surface area contributed by atoms with Gasteiger partial charge in [-0.1, -0.05) is 0 Å². The summed E-state index contributed by atoms with van der Waals surface area (Å²) in [7, 11) is 1.24. The lowest BCUT2D eigenvalue weighted by molar-refractivity contribution is -0.117. The van der Waals surface area contributed by atoms with Gasteiger partial charge in [-0.15, -0.1) is 5.10 Å². The average molecular weight is 330 g/mol. The van der Waals surface area contributed by atoms with Gasteiger partial charge in [0.15, 0.2) is 17.3 Å². The standard InChI is InChI=1S/C14H14N6O4/c1-8-16-10-5-9(3-4-11(10)24-8)17-13(21)7-20-15-6-12(19-20)18-14(22)23-2/h3-6H,7H2,1-2H3,(H,17,21)(H,18,19,22). The highest BCUT2D eigenvalue weighted by atomic mass is 16.5. The fourth-order valence-electron chi connectivity index (χ4n) is 2.04. The maximum absolute atomic E-state index is 12.0. The Labute approximate surface area is 135 Å². The van der Waals surface area contributed by atoms with Crippen molar-refractivity contribution in [1.82, 2.24) is 20.0 Å². The second-order valence-corrected chi connectivity index (χ2v) is 4.84. The Morgan fingerprint density at radius 1 is 1.33 bits per heavy atom. The first-order valence-electron chi connectivity index (χ1n) is 6.95.